The molecule has 3 aromatic carbocycles. The van der Waals surface area contributed by atoms with E-state index < -0.39 is 0 Å². The summed E-state index contributed by atoms with van der Waals surface area (Å²) in [5.74, 6) is 0. The Labute approximate surface area is 168 Å². The zero-order chi connectivity index (χ0) is 21.3. The van der Waals surface area contributed by atoms with Crippen LogP contribution in [0.15, 0.2) is 117 Å². The number of aryl methyl sites for hydroxylation is 3. The van der Waals surface area contributed by atoms with Gasteiger partial charge in [-0.1, -0.05) is 122 Å². The molecule has 0 aliphatic carbocycles. The van der Waals surface area contributed by atoms with Gasteiger partial charge in [0.1, 0.15) is 0 Å². The molecule has 0 unspecified atom stereocenters. The third-order valence-electron chi connectivity index (χ3n) is 2.82. The van der Waals surface area contributed by atoms with Crippen molar-refractivity contribution in [2.24, 2.45) is 0 Å². The highest BCUT2D eigenvalue weighted by Gasteiger charge is 1.73. The molecule has 0 atom stereocenters. The first kappa shape index (κ1) is 28.9. The van der Waals surface area contributed by atoms with Crippen molar-refractivity contribution in [3.63, 3.8) is 0 Å². The van der Waals surface area contributed by atoms with Crippen LogP contribution >= 0.6 is 0 Å². The Hall–Kier alpha value is -2.86. The van der Waals surface area contributed by atoms with Gasteiger partial charge in [0.25, 0.3) is 0 Å². The van der Waals surface area contributed by atoms with Gasteiger partial charge in [0.15, 0.2) is 0 Å². The molecule has 0 saturated carbocycles. The molecule has 3 rings (SSSR count). The molecule has 27 heavy (non-hydrogen) atoms. The number of hydrogen-bond donors (Lipinski definition) is 0. The normalized spacial score (nSPS) is 7.30. The Morgan fingerprint density at radius 1 is 0.370 bits per heavy atom. The second kappa shape index (κ2) is 25.4. The molecule has 0 bridgehead atoms. The van der Waals surface area contributed by atoms with Crippen LogP contribution in [0, 0.1) is 20.8 Å². The highest BCUT2D eigenvalue weighted by atomic mass is 13.8. The molecule has 0 heteroatoms. The first-order valence-corrected chi connectivity index (χ1v) is 9.23. The van der Waals surface area contributed by atoms with E-state index in [0.29, 0.717) is 0 Å². The van der Waals surface area contributed by atoms with Gasteiger partial charge in [0, 0.05) is 0 Å². The average Bonchev–Trinajstić information content (AvgIpc) is 2.75. The van der Waals surface area contributed by atoms with Crippen LogP contribution in [0.25, 0.3) is 0 Å². The third-order valence-corrected chi connectivity index (χ3v) is 2.82. The van der Waals surface area contributed by atoms with E-state index in [2.05, 4.69) is 83.5 Å². The maximum Gasteiger partial charge on any atom is -0.0398 e. The van der Waals surface area contributed by atoms with Crippen LogP contribution in [0.2, 0.25) is 0 Å². The van der Waals surface area contributed by atoms with Crippen molar-refractivity contribution < 1.29 is 0 Å². The lowest BCUT2D eigenvalue weighted by molar-refractivity contribution is 1.48. The molecular weight excluding hydrogens is 324 g/mol. The number of rotatable bonds is 0. The van der Waals surface area contributed by atoms with Crippen molar-refractivity contribution in [3.8, 4) is 0 Å². The second-order valence-electron chi connectivity index (χ2n) is 4.96. The van der Waals surface area contributed by atoms with Crippen LogP contribution in [0.4, 0.5) is 0 Å². The van der Waals surface area contributed by atoms with E-state index in [1.807, 2.05) is 68.4 Å². The first-order valence-electron chi connectivity index (χ1n) is 9.23. The summed E-state index contributed by atoms with van der Waals surface area (Å²) in [6.07, 6.45) is 0. The molecule has 0 aliphatic rings. The predicted octanol–water partition coefficient (Wildman–Crippen LogP) is 8.62. The van der Waals surface area contributed by atoms with Crippen molar-refractivity contribution in [1.29, 1.82) is 0 Å². The lowest BCUT2D eigenvalue weighted by atomic mass is 10.2. The largest absolute Gasteiger partial charge is 0.106 e. The summed E-state index contributed by atoms with van der Waals surface area (Å²) in [7, 11) is 0. The lowest BCUT2D eigenvalue weighted by Gasteiger charge is -1.82. The Morgan fingerprint density at radius 3 is 0.593 bits per heavy atom. The summed E-state index contributed by atoms with van der Waals surface area (Å²) in [4.78, 5) is 0. The van der Waals surface area contributed by atoms with Crippen molar-refractivity contribution in [1.82, 2.24) is 0 Å². The van der Waals surface area contributed by atoms with Crippen LogP contribution in [-0.4, -0.2) is 0 Å². The maximum absolute atomic E-state index is 3.00. The van der Waals surface area contributed by atoms with E-state index in [1.165, 1.54) is 16.7 Å². The van der Waals surface area contributed by atoms with Crippen LogP contribution in [0.5, 0.6) is 0 Å². The molecule has 146 valence electrons. The molecule has 3 aromatic rings. The van der Waals surface area contributed by atoms with E-state index in [-0.39, 0.29) is 0 Å². The molecule has 0 spiro atoms. The highest BCUT2D eigenvalue weighted by Crippen LogP contribution is 1.93. The fraction of sp³-hybridized carbons (Fsp3) is 0.185. The lowest BCUT2D eigenvalue weighted by Crippen LogP contribution is -1.62. The van der Waals surface area contributed by atoms with Crippen molar-refractivity contribution >= 4 is 0 Å². The molecule has 0 radical (unpaired) electrons. The fourth-order valence-corrected chi connectivity index (χ4v) is 1.60. The minimum Gasteiger partial charge on any atom is -0.106 e. The highest BCUT2D eigenvalue weighted by molar-refractivity contribution is 5.13. The van der Waals surface area contributed by atoms with Gasteiger partial charge in [-0.3, -0.25) is 0 Å². The predicted molar refractivity (Wildman–Crippen MR) is 127 cm³/mol. The smallest absolute Gasteiger partial charge is 0.0398 e. The van der Waals surface area contributed by atoms with Crippen LogP contribution < -0.4 is 0 Å². The average molecular weight is 363 g/mol. The Kier molecular flexibility index (Phi) is 27.2. The van der Waals surface area contributed by atoms with E-state index in [0.717, 1.165) is 0 Å². The zero-order valence-electron chi connectivity index (χ0n) is 18.0. The van der Waals surface area contributed by atoms with Gasteiger partial charge in [-0.05, 0) is 20.8 Å². The summed E-state index contributed by atoms with van der Waals surface area (Å²) < 4.78 is 0. The van der Waals surface area contributed by atoms with Crippen LogP contribution in [0.1, 0.15) is 30.5 Å². The molecule has 0 aliphatic heterocycles. The van der Waals surface area contributed by atoms with E-state index in [4.69, 9.17) is 0 Å². The minimum atomic E-state index is 1.32. The Balaban J connectivity index is -0.000000281. The quantitative estimate of drug-likeness (QED) is 0.351. The Morgan fingerprint density at radius 2 is 0.519 bits per heavy atom. The summed E-state index contributed by atoms with van der Waals surface area (Å²) in [5.41, 5.74) is 3.97. The SMILES string of the molecule is C=C.C=C.CC.Cc1ccccc1.Cc1ccccc1.Cc1ccccc1. The minimum absolute atomic E-state index is 1.32. The van der Waals surface area contributed by atoms with Crippen molar-refractivity contribution in [2.45, 2.75) is 34.6 Å². The topological polar surface area (TPSA) is 0 Å². The summed E-state index contributed by atoms with van der Waals surface area (Å²) in [6.45, 7) is 22.2. The molecule has 0 aromatic heterocycles. The first-order chi connectivity index (χ1) is 13.2. The van der Waals surface area contributed by atoms with E-state index in [1.54, 1.807) is 0 Å². The summed E-state index contributed by atoms with van der Waals surface area (Å²) in [5, 5.41) is 0. The standard InChI is InChI=1S/3C7H8.C2H6.2C2H4/c3*1-7-5-3-2-4-6-7;3*1-2/h3*2-6H,1H3;1-2H3;2*1-2H2. The molecule has 0 saturated heterocycles. The van der Waals surface area contributed by atoms with Crippen molar-refractivity contribution in [3.05, 3.63) is 134 Å². The van der Waals surface area contributed by atoms with E-state index >= 15 is 0 Å². The van der Waals surface area contributed by atoms with Gasteiger partial charge in [-0.25, -0.2) is 0 Å². The number of benzene rings is 3. The van der Waals surface area contributed by atoms with Crippen LogP contribution in [-0.2, 0) is 0 Å². The third kappa shape index (κ3) is 23.1. The summed E-state index contributed by atoms with van der Waals surface area (Å²) in [6, 6.07) is 30.8. The van der Waals surface area contributed by atoms with Gasteiger partial charge in [-0.15, -0.1) is 26.3 Å². The van der Waals surface area contributed by atoms with Gasteiger partial charge in [0.2, 0.25) is 0 Å². The Bertz CT molecular complexity index is 506. The second-order valence-corrected chi connectivity index (χ2v) is 4.96. The van der Waals surface area contributed by atoms with Crippen LogP contribution in [0.3, 0.4) is 0 Å². The van der Waals surface area contributed by atoms with Crippen molar-refractivity contribution in [2.75, 3.05) is 0 Å². The molecule has 0 heterocycles. The van der Waals surface area contributed by atoms with Gasteiger partial charge >= 0.3 is 0 Å². The summed E-state index contributed by atoms with van der Waals surface area (Å²) >= 11 is 0. The van der Waals surface area contributed by atoms with Gasteiger partial charge in [0.05, 0.1) is 0 Å². The monoisotopic (exact) mass is 362 g/mol. The molecule has 0 amide bonds. The molecular formula is C27H38. The van der Waals surface area contributed by atoms with E-state index in [9.17, 15) is 0 Å². The number of hydrogen-bond acceptors (Lipinski definition) is 0. The molecule has 0 fully saturated rings. The fourth-order valence-electron chi connectivity index (χ4n) is 1.60. The van der Waals surface area contributed by atoms with Gasteiger partial charge in [-0.2, -0.15) is 0 Å². The zero-order valence-corrected chi connectivity index (χ0v) is 18.0. The maximum atomic E-state index is 3.00. The molecule has 0 N–H and O–H groups in total. The molecule has 0 nitrogen and oxygen atoms in total. The van der Waals surface area contributed by atoms with Gasteiger partial charge < -0.3 is 0 Å².